The van der Waals surface area contributed by atoms with Crippen LogP contribution in [-0.4, -0.2) is 25.5 Å². The minimum absolute atomic E-state index is 0.212. The molecule has 20 heavy (non-hydrogen) atoms. The summed E-state index contributed by atoms with van der Waals surface area (Å²) in [6, 6.07) is 9.29. The van der Waals surface area contributed by atoms with Gasteiger partial charge < -0.3 is 5.32 Å². The highest BCUT2D eigenvalue weighted by atomic mass is 16.1. The van der Waals surface area contributed by atoms with Gasteiger partial charge in [-0.1, -0.05) is 18.2 Å². The standard InChI is InChI=1S/C14H13N5O/c1-9-12(8-15-14-16-10(2)18-19(9)14)13(20)17-11-6-4-3-5-7-11/h3-8H,1-2H3,(H,17,20). The van der Waals surface area contributed by atoms with E-state index in [1.165, 1.54) is 6.20 Å². The first-order valence-corrected chi connectivity index (χ1v) is 6.20. The van der Waals surface area contributed by atoms with Crippen molar-refractivity contribution < 1.29 is 4.79 Å². The molecule has 100 valence electrons. The third-order valence-corrected chi connectivity index (χ3v) is 2.99. The van der Waals surface area contributed by atoms with Crippen molar-refractivity contribution in [2.24, 2.45) is 0 Å². The zero-order valence-corrected chi connectivity index (χ0v) is 11.2. The second kappa shape index (κ2) is 4.73. The highest BCUT2D eigenvalue weighted by Gasteiger charge is 2.14. The lowest BCUT2D eigenvalue weighted by Crippen LogP contribution is -2.16. The number of carbonyl (C=O) groups excluding carboxylic acids is 1. The number of anilines is 1. The molecule has 0 fully saturated rings. The summed E-state index contributed by atoms with van der Waals surface area (Å²) in [5.41, 5.74) is 1.93. The van der Waals surface area contributed by atoms with Crippen LogP contribution >= 0.6 is 0 Å². The molecule has 0 aliphatic carbocycles. The van der Waals surface area contributed by atoms with Crippen LogP contribution in [0.4, 0.5) is 5.69 Å². The summed E-state index contributed by atoms with van der Waals surface area (Å²) in [7, 11) is 0. The fraction of sp³-hybridized carbons (Fsp3) is 0.143. The van der Waals surface area contributed by atoms with Crippen molar-refractivity contribution in [3.8, 4) is 0 Å². The number of benzene rings is 1. The number of fused-ring (bicyclic) bond motifs is 1. The predicted octanol–water partition coefficient (Wildman–Crippen LogP) is 1.99. The van der Waals surface area contributed by atoms with Gasteiger partial charge in [0, 0.05) is 11.9 Å². The normalized spacial score (nSPS) is 10.7. The Bertz CT molecular complexity index is 779. The van der Waals surface area contributed by atoms with E-state index in [1.54, 1.807) is 11.4 Å². The van der Waals surface area contributed by atoms with Crippen molar-refractivity contribution in [1.29, 1.82) is 0 Å². The number of para-hydroxylation sites is 1. The lowest BCUT2D eigenvalue weighted by Gasteiger charge is -2.07. The van der Waals surface area contributed by atoms with E-state index in [1.807, 2.05) is 37.3 Å². The molecule has 3 aromatic rings. The molecule has 3 rings (SSSR count). The van der Waals surface area contributed by atoms with Crippen molar-refractivity contribution in [1.82, 2.24) is 19.6 Å². The number of aromatic nitrogens is 4. The molecule has 0 radical (unpaired) electrons. The van der Waals surface area contributed by atoms with Crippen LogP contribution < -0.4 is 5.32 Å². The summed E-state index contributed by atoms with van der Waals surface area (Å²) < 4.78 is 1.58. The molecule has 0 bridgehead atoms. The maximum absolute atomic E-state index is 12.3. The van der Waals surface area contributed by atoms with Crippen molar-refractivity contribution in [3.05, 3.63) is 53.6 Å². The van der Waals surface area contributed by atoms with Gasteiger partial charge in [0.15, 0.2) is 0 Å². The topological polar surface area (TPSA) is 72.2 Å². The van der Waals surface area contributed by atoms with Crippen molar-refractivity contribution in [3.63, 3.8) is 0 Å². The summed E-state index contributed by atoms with van der Waals surface area (Å²) in [4.78, 5) is 20.6. The van der Waals surface area contributed by atoms with Gasteiger partial charge in [0.1, 0.15) is 5.82 Å². The molecule has 0 saturated heterocycles. The molecule has 0 saturated carbocycles. The molecule has 0 aliphatic heterocycles. The Morgan fingerprint density at radius 1 is 1.20 bits per heavy atom. The first-order chi connectivity index (χ1) is 9.65. The number of rotatable bonds is 2. The van der Waals surface area contributed by atoms with E-state index in [0.29, 0.717) is 22.9 Å². The fourth-order valence-corrected chi connectivity index (χ4v) is 1.99. The van der Waals surface area contributed by atoms with Gasteiger partial charge >= 0.3 is 0 Å². The molecule has 0 spiro atoms. The van der Waals surface area contributed by atoms with Gasteiger partial charge in [0.2, 0.25) is 0 Å². The monoisotopic (exact) mass is 267 g/mol. The van der Waals surface area contributed by atoms with Crippen LogP contribution in [0.2, 0.25) is 0 Å². The molecule has 6 heteroatoms. The molecule has 1 aromatic carbocycles. The molecule has 1 N–H and O–H groups in total. The average molecular weight is 267 g/mol. The summed E-state index contributed by atoms with van der Waals surface area (Å²) in [5, 5.41) is 7.06. The SMILES string of the molecule is Cc1nc2ncc(C(=O)Nc3ccccc3)c(C)n2n1. The fourth-order valence-electron chi connectivity index (χ4n) is 1.99. The van der Waals surface area contributed by atoms with Crippen LogP contribution in [0.5, 0.6) is 0 Å². The Balaban J connectivity index is 1.97. The van der Waals surface area contributed by atoms with E-state index in [0.717, 1.165) is 5.69 Å². The second-order valence-electron chi connectivity index (χ2n) is 4.45. The summed E-state index contributed by atoms with van der Waals surface area (Å²) in [6.07, 6.45) is 1.52. The minimum Gasteiger partial charge on any atom is -0.322 e. The van der Waals surface area contributed by atoms with Crippen molar-refractivity contribution >= 4 is 17.4 Å². The van der Waals surface area contributed by atoms with Crippen LogP contribution in [-0.2, 0) is 0 Å². The predicted molar refractivity (Wildman–Crippen MR) is 74.7 cm³/mol. The van der Waals surface area contributed by atoms with E-state index in [2.05, 4.69) is 20.4 Å². The average Bonchev–Trinajstić information content (AvgIpc) is 2.82. The highest BCUT2D eigenvalue weighted by molar-refractivity contribution is 6.04. The van der Waals surface area contributed by atoms with Gasteiger partial charge in [-0.15, -0.1) is 0 Å². The van der Waals surface area contributed by atoms with Gasteiger partial charge in [0.25, 0.3) is 11.7 Å². The van der Waals surface area contributed by atoms with E-state index in [9.17, 15) is 4.79 Å². The number of hydrogen-bond donors (Lipinski definition) is 1. The number of carbonyl (C=O) groups is 1. The van der Waals surface area contributed by atoms with Crippen molar-refractivity contribution in [2.45, 2.75) is 13.8 Å². The smallest absolute Gasteiger partial charge is 0.259 e. The highest BCUT2D eigenvalue weighted by Crippen LogP contribution is 2.12. The summed E-state index contributed by atoms with van der Waals surface area (Å²) in [5.74, 6) is 0.911. The van der Waals surface area contributed by atoms with E-state index < -0.39 is 0 Å². The summed E-state index contributed by atoms with van der Waals surface area (Å²) in [6.45, 7) is 3.61. The number of nitrogens with one attached hydrogen (secondary N) is 1. The number of hydrogen-bond acceptors (Lipinski definition) is 4. The maximum atomic E-state index is 12.3. The molecular weight excluding hydrogens is 254 g/mol. The zero-order chi connectivity index (χ0) is 14.1. The molecule has 0 atom stereocenters. The first kappa shape index (κ1) is 12.3. The molecule has 0 aliphatic rings. The van der Waals surface area contributed by atoms with Crippen LogP contribution in [0.15, 0.2) is 36.5 Å². The van der Waals surface area contributed by atoms with Gasteiger partial charge in [-0.25, -0.2) is 9.50 Å². The van der Waals surface area contributed by atoms with E-state index in [-0.39, 0.29) is 5.91 Å². The lowest BCUT2D eigenvalue weighted by atomic mass is 10.2. The zero-order valence-electron chi connectivity index (χ0n) is 11.2. The van der Waals surface area contributed by atoms with Gasteiger partial charge in [-0.2, -0.15) is 10.1 Å². The first-order valence-electron chi connectivity index (χ1n) is 6.20. The number of nitrogens with zero attached hydrogens (tertiary/aromatic N) is 4. The summed E-state index contributed by atoms with van der Waals surface area (Å²) >= 11 is 0. The van der Waals surface area contributed by atoms with Gasteiger partial charge in [0.05, 0.1) is 11.3 Å². The Morgan fingerprint density at radius 2 is 1.95 bits per heavy atom. The molecule has 2 aromatic heterocycles. The number of amides is 1. The molecule has 2 heterocycles. The minimum atomic E-state index is -0.212. The Morgan fingerprint density at radius 3 is 2.70 bits per heavy atom. The van der Waals surface area contributed by atoms with Gasteiger partial charge in [-0.3, -0.25) is 4.79 Å². The van der Waals surface area contributed by atoms with Gasteiger partial charge in [-0.05, 0) is 26.0 Å². The van der Waals surface area contributed by atoms with Crippen LogP contribution in [0.25, 0.3) is 5.78 Å². The second-order valence-corrected chi connectivity index (χ2v) is 4.45. The quantitative estimate of drug-likeness (QED) is 0.770. The third kappa shape index (κ3) is 2.11. The largest absolute Gasteiger partial charge is 0.322 e. The Hall–Kier alpha value is -2.76. The lowest BCUT2D eigenvalue weighted by molar-refractivity contribution is 0.102. The van der Waals surface area contributed by atoms with Crippen molar-refractivity contribution in [2.75, 3.05) is 5.32 Å². The molecule has 0 unspecified atom stereocenters. The van der Waals surface area contributed by atoms with Crippen LogP contribution in [0.1, 0.15) is 21.9 Å². The Labute approximate surface area is 115 Å². The van der Waals surface area contributed by atoms with Crippen LogP contribution in [0, 0.1) is 13.8 Å². The van der Waals surface area contributed by atoms with Crippen LogP contribution in [0.3, 0.4) is 0 Å². The molecular formula is C14H13N5O. The number of aryl methyl sites for hydroxylation is 2. The van der Waals surface area contributed by atoms with E-state index in [4.69, 9.17) is 0 Å². The maximum Gasteiger partial charge on any atom is 0.259 e. The molecule has 1 amide bonds. The molecule has 6 nitrogen and oxygen atoms in total. The van der Waals surface area contributed by atoms with E-state index >= 15 is 0 Å². The third-order valence-electron chi connectivity index (χ3n) is 2.99. The Kier molecular flexibility index (Phi) is 2.90.